The molecule has 2 unspecified atom stereocenters. The molecule has 0 amide bonds. The van der Waals surface area contributed by atoms with E-state index in [1.54, 1.807) is 0 Å². The average Bonchev–Trinajstić information content (AvgIpc) is 2.85. The van der Waals surface area contributed by atoms with Gasteiger partial charge in [-0.1, -0.05) is 13.3 Å². The highest BCUT2D eigenvalue weighted by Gasteiger charge is 2.30. The molecule has 1 rings (SSSR count). The fraction of sp³-hybridized carbons (Fsp3) is 1.00. The van der Waals surface area contributed by atoms with E-state index in [4.69, 9.17) is 9.47 Å². The summed E-state index contributed by atoms with van der Waals surface area (Å²) in [6, 6.07) is 0.649. The standard InChI is InChI=1S/C14H30N2O2/c1-4-13-11-15-12-14(13)16(7-9-17-5-2)8-10-18-6-3/h13-15H,4-12H2,1-3H3. The van der Waals surface area contributed by atoms with Gasteiger partial charge in [-0.2, -0.15) is 0 Å². The Kier molecular flexibility index (Phi) is 8.59. The molecular formula is C14H30N2O2. The second-order valence-electron chi connectivity index (χ2n) is 4.82. The molecule has 4 heteroatoms. The van der Waals surface area contributed by atoms with E-state index < -0.39 is 0 Å². The first-order valence-electron chi connectivity index (χ1n) is 7.43. The van der Waals surface area contributed by atoms with Gasteiger partial charge in [0.05, 0.1) is 13.2 Å². The molecule has 1 N–H and O–H groups in total. The molecule has 1 aliphatic heterocycles. The molecule has 2 atom stereocenters. The molecule has 0 radical (unpaired) electrons. The normalized spacial score (nSPS) is 24.0. The van der Waals surface area contributed by atoms with Crippen LogP contribution in [0.3, 0.4) is 0 Å². The summed E-state index contributed by atoms with van der Waals surface area (Å²) in [6.07, 6.45) is 1.25. The van der Waals surface area contributed by atoms with E-state index in [9.17, 15) is 0 Å². The summed E-state index contributed by atoms with van der Waals surface area (Å²) in [5.74, 6) is 0.772. The van der Waals surface area contributed by atoms with Crippen LogP contribution in [0.2, 0.25) is 0 Å². The Morgan fingerprint density at radius 1 is 1.00 bits per heavy atom. The van der Waals surface area contributed by atoms with E-state index in [0.29, 0.717) is 6.04 Å². The van der Waals surface area contributed by atoms with Gasteiger partial charge in [0.15, 0.2) is 0 Å². The molecule has 0 aromatic heterocycles. The molecule has 1 heterocycles. The van der Waals surface area contributed by atoms with E-state index in [1.807, 2.05) is 0 Å². The molecule has 1 fully saturated rings. The number of hydrogen-bond donors (Lipinski definition) is 1. The van der Waals surface area contributed by atoms with Crippen molar-refractivity contribution in [2.75, 3.05) is 52.6 Å². The SMILES string of the molecule is CCOCCN(CCOCC)C1CNCC1CC. The predicted molar refractivity (Wildman–Crippen MR) is 75.0 cm³/mol. The monoisotopic (exact) mass is 258 g/mol. The van der Waals surface area contributed by atoms with Crippen LogP contribution in [-0.4, -0.2) is 63.5 Å². The van der Waals surface area contributed by atoms with Crippen molar-refractivity contribution in [1.29, 1.82) is 0 Å². The maximum absolute atomic E-state index is 5.50. The zero-order valence-electron chi connectivity index (χ0n) is 12.3. The highest BCUT2D eigenvalue weighted by Crippen LogP contribution is 2.18. The molecule has 18 heavy (non-hydrogen) atoms. The van der Waals surface area contributed by atoms with Crippen LogP contribution in [0, 0.1) is 5.92 Å². The highest BCUT2D eigenvalue weighted by atomic mass is 16.5. The summed E-state index contributed by atoms with van der Waals surface area (Å²) in [5.41, 5.74) is 0. The molecule has 0 aromatic carbocycles. The first-order chi connectivity index (χ1) is 8.83. The lowest BCUT2D eigenvalue weighted by atomic mass is 9.99. The number of nitrogens with one attached hydrogen (secondary N) is 1. The molecule has 1 saturated heterocycles. The van der Waals surface area contributed by atoms with E-state index in [1.165, 1.54) is 6.42 Å². The lowest BCUT2D eigenvalue weighted by Gasteiger charge is -2.32. The van der Waals surface area contributed by atoms with Gasteiger partial charge < -0.3 is 14.8 Å². The molecule has 0 bridgehead atoms. The lowest BCUT2D eigenvalue weighted by molar-refractivity contribution is 0.0565. The van der Waals surface area contributed by atoms with Crippen molar-refractivity contribution in [1.82, 2.24) is 10.2 Å². The van der Waals surface area contributed by atoms with Gasteiger partial charge in [0.1, 0.15) is 0 Å². The minimum atomic E-state index is 0.649. The van der Waals surface area contributed by atoms with Crippen molar-refractivity contribution in [2.24, 2.45) is 5.92 Å². The van der Waals surface area contributed by atoms with E-state index in [-0.39, 0.29) is 0 Å². The molecule has 0 saturated carbocycles. The van der Waals surface area contributed by atoms with Gasteiger partial charge in [-0.25, -0.2) is 0 Å². The summed E-state index contributed by atoms with van der Waals surface area (Å²) >= 11 is 0. The van der Waals surface area contributed by atoms with Crippen LogP contribution in [-0.2, 0) is 9.47 Å². The molecule has 108 valence electrons. The third-order valence-corrected chi connectivity index (χ3v) is 3.75. The summed E-state index contributed by atoms with van der Waals surface area (Å²) in [5, 5.41) is 3.51. The van der Waals surface area contributed by atoms with Crippen molar-refractivity contribution < 1.29 is 9.47 Å². The maximum Gasteiger partial charge on any atom is 0.0593 e. The zero-order valence-corrected chi connectivity index (χ0v) is 12.3. The van der Waals surface area contributed by atoms with Crippen LogP contribution in [0.15, 0.2) is 0 Å². The molecule has 0 aliphatic carbocycles. The Balaban J connectivity index is 2.41. The van der Waals surface area contributed by atoms with Crippen molar-refractivity contribution in [2.45, 2.75) is 33.2 Å². The van der Waals surface area contributed by atoms with Crippen LogP contribution in [0.4, 0.5) is 0 Å². The number of nitrogens with zero attached hydrogens (tertiary/aromatic N) is 1. The van der Waals surface area contributed by atoms with E-state index >= 15 is 0 Å². The number of rotatable bonds is 10. The maximum atomic E-state index is 5.50. The quantitative estimate of drug-likeness (QED) is 0.600. The summed E-state index contributed by atoms with van der Waals surface area (Å²) in [6.45, 7) is 14.0. The Morgan fingerprint density at radius 2 is 1.61 bits per heavy atom. The summed E-state index contributed by atoms with van der Waals surface area (Å²) in [4.78, 5) is 2.54. The smallest absolute Gasteiger partial charge is 0.0593 e. The van der Waals surface area contributed by atoms with Crippen LogP contribution >= 0.6 is 0 Å². The molecule has 4 nitrogen and oxygen atoms in total. The largest absolute Gasteiger partial charge is 0.380 e. The van der Waals surface area contributed by atoms with E-state index in [2.05, 4.69) is 31.0 Å². The van der Waals surface area contributed by atoms with Gasteiger partial charge in [-0.3, -0.25) is 4.90 Å². The number of ether oxygens (including phenoxy) is 2. The van der Waals surface area contributed by atoms with Crippen LogP contribution in [0.25, 0.3) is 0 Å². The minimum Gasteiger partial charge on any atom is -0.380 e. The lowest BCUT2D eigenvalue weighted by Crippen LogP contribution is -2.44. The van der Waals surface area contributed by atoms with E-state index in [0.717, 1.165) is 58.5 Å². The first kappa shape index (κ1) is 15.9. The Hall–Kier alpha value is -0.160. The topological polar surface area (TPSA) is 33.7 Å². The van der Waals surface area contributed by atoms with Gasteiger partial charge in [0, 0.05) is 38.9 Å². The fourth-order valence-corrected chi connectivity index (χ4v) is 2.66. The summed E-state index contributed by atoms with van der Waals surface area (Å²) < 4.78 is 11.0. The Morgan fingerprint density at radius 3 is 2.11 bits per heavy atom. The second kappa shape index (κ2) is 9.73. The predicted octanol–water partition coefficient (Wildman–Crippen LogP) is 1.36. The van der Waals surface area contributed by atoms with Crippen LogP contribution in [0.5, 0.6) is 0 Å². The second-order valence-corrected chi connectivity index (χ2v) is 4.82. The zero-order chi connectivity index (χ0) is 13.2. The fourth-order valence-electron chi connectivity index (χ4n) is 2.66. The Labute approximate surface area is 112 Å². The van der Waals surface area contributed by atoms with Gasteiger partial charge in [0.25, 0.3) is 0 Å². The Bertz CT molecular complexity index is 192. The minimum absolute atomic E-state index is 0.649. The third kappa shape index (κ3) is 5.22. The number of hydrogen-bond acceptors (Lipinski definition) is 4. The van der Waals surface area contributed by atoms with Gasteiger partial charge in [-0.15, -0.1) is 0 Å². The van der Waals surface area contributed by atoms with Gasteiger partial charge in [0.2, 0.25) is 0 Å². The van der Waals surface area contributed by atoms with Gasteiger partial charge in [-0.05, 0) is 26.3 Å². The van der Waals surface area contributed by atoms with Crippen molar-refractivity contribution >= 4 is 0 Å². The average molecular weight is 258 g/mol. The third-order valence-electron chi connectivity index (χ3n) is 3.75. The molecule has 1 aliphatic rings. The highest BCUT2D eigenvalue weighted by molar-refractivity contribution is 4.88. The van der Waals surface area contributed by atoms with Crippen LogP contribution in [0.1, 0.15) is 27.2 Å². The first-order valence-corrected chi connectivity index (χ1v) is 7.43. The molecule has 0 aromatic rings. The van der Waals surface area contributed by atoms with Crippen molar-refractivity contribution in [3.63, 3.8) is 0 Å². The molecular weight excluding hydrogens is 228 g/mol. The van der Waals surface area contributed by atoms with Gasteiger partial charge >= 0.3 is 0 Å². The van der Waals surface area contributed by atoms with Crippen LogP contribution < -0.4 is 5.32 Å². The van der Waals surface area contributed by atoms with Crippen molar-refractivity contribution in [3.8, 4) is 0 Å². The van der Waals surface area contributed by atoms with Crippen molar-refractivity contribution in [3.05, 3.63) is 0 Å². The summed E-state index contributed by atoms with van der Waals surface area (Å²) in [7, 11) is 0. The molecule has 0 spiro atoms.